The minimum absolute atomic E-state index is 0.956. The van der Waals surface area contributed by atoms with Crippen LogP contribution in [0.4, 0.5) is 0 Å². The average molecular weight is 183 g/mol. The maximum atomic E-state index is 4.03. The van der Waals surface area contributed by atoms with Crippen molar-refractivity contribution in [3.8, 4) is 0 Å². The first-order valence-electron chi connectivity index (χ1n) is 3.85. The number of allylic oxidation sites excluding steroid dienone is 1. The molecule has 0 fully saturated rings. The molecule has 0 aliphatic rings. The van der Waals surface area contributed by atoms with Crippen molar-refractivity contribution >= 4 is 11.8 Å². The van der Waals surface area contributed by atoms with E-state index in [4.69, 9.17) is 0 Å². The van der Waals surface area contributed by atoms with Crippen molar-refractivity contribution in [1.29, 1.82) is 0 Å². The summed E-state index contributed by atoms with van der Waals surface area (Å²) >= 11 is 1.69. The smallest absolute Gasteiger partial charge is 0.191 e. The Morgan fingerprint density at radius 2 is 2.25 bits per heavy atom. The van der Waals surface area contributed by atoms with E-state index in [1.54, 1.807) is 11.8 Å². The fraction of sp³-hybridized carbons (Fsp3) is 0.500. The van der Waals surface area contributed by atoms with E-state index in [0.29, 0.717) is 0 Å². The summed E-state index contributed by atoms with van der Waals surface area (Å²) in [5.41, 5.74) is 0. The molecule has 66 valence electrons. The van der Waals surface area contributed by atoms with Crippen LogP contribution in [-0.4, -0.2) is 20.5 Å². The number of aryl methyl sites for hydroxylation is 1. The molecular weight excluding hydrogens is 170 g/mol. The quantitative estimate of drug-likeness (QED) is 0.529. The maximum absolute atomic E-state index is 4.03. The van der Waals surface area contributed by atoms with Gasteiger partial charge in [-0.2, -0.15) is 0 Å². The second-order valence-corrected chi connectivity index (χ2v) is 3.46. The van der Waals surface area contributed by atoms with Crippen molar-refractivity contribution in [3.05, 3.63) is 18.0 Å². The van der Waals surface area contributed by atoms with Crippen molar-refractivity contribution in [1.82, 2.24) is 14.8 Å². The molecule has 1 rings (SSSR count). The summed E-state index contributed by atoms with van der Waals surface area (Å²) in [5, 5.41) is 8.97. The number of hydrogen-bond acceptors (Lipinski definition) is 3. The van der Waals surface area contributed by atoms with E-state index in [-0.39, 0.29) is 0 Å². The molecule has 0 unspecified atom stereocenters. The highest BCUT2D eigenvalue weighted by atomic mass is 32.2. The van der Waals surface area contributed by atoms with Gasteiger partial charge in [-0.05, 0) is 13.8 Å². The molecule has 0 aliphatic heterocycles. The van der Waals surface area contributed by atoms with Crippen molar-refractivity contribution in [2.24, 2.45) is 7.05 Å². The van der Waals surface area contributed by atoms with Crippen LogP contribution in [0.3, 0.4) is 0 Å². The van der Waals surface area contributed by atoms with E-state index in [2.05, 4.69) is 16.3 Å². The monoisotopic (exact) mass is 183 g/mol. The number of aromatic nitrogens is 3. The van der Waals surface area contributed by atoms with Crippen LogP contribution in [0.15, 0.2) is 17.3 Å². The van der Waals surface area contributed by atoms with Crippen molar-refractivity contribution in [2.45, 2.75) is 19.0 Å². The summed E-state index contributed by atoms with van der Waals surface area (Å²) in [6.45, 7) is 3.97. The minimum Gasteiger partial charge on any atom is -0.309 e. The lowest BCUT2D eigenvalue weighted by Gasteiger charge is -1.97. The Labute approximate surface area is 76.9 Å². The van der Waals surface area contributed by atoms with Gasteiger partial charge in [-0.1, -0.05) is 23.9 Å². The highest BCUT2D eigenvalue weighted by Crippen LogP contribution is 2.14. The minimum atomic E-state index is 0.956. The van der Waals surface area contributed by atoms with Gasteiger partial charge in [-0.15, -0.1) is 10.2 Å². The molecule has 1 heterocycles. The first kappa shape index (κ1) is 9.32. The molecule has 3 nitrogen and oxygen atoms in total. The van der Waals surface area contributed by atoms with Gasteiger partial charge in [-0.3, -0.25) is 0 Å². The highest BCUT2D eigenvalue weighted by Gasteiger charge is 2.02. The lowest BCUT2D eigenvalue weighted by Crippen LogP contribution is -1.93. The van der Waals surface area contributed by atoms with Gasteiger partial charge in [0, 0.05) is 12.8 Å². The summed E-state index contributed by atoms with van der Waals surface area (Å²) in [6.07, 6.45) is 4.14. The third-order valence-electron chi connectivity index (χ3n) is 1.60. The van der Waals surface area contributed by atoms with Gasteiger partial charge in [0.1, 0.15) is 5.82 Å². The third kappa shape index (κ3) is 2.11. The predicted molar refractivity (Wildman–Crippen MR) is 51.3 cm³/mol. The van der Waals surface area contributed by atoms with Crippen LogP contribution in [0.2, 0.25) is 0 Å². The molecule has 0 bridgehead atoms. The Morgan fingerprint density at radius 1 is 1.50 bits per heavy atom. The zero-order valence-electron chi connectivity index (χ0n) is 7.61. The molecule has 0 atom stereocenters. The fourth-order valence-electron chi connectivity index (χ4n) is 0.732. The molecule has 1 aromatic heterocycles. The molecule has 0 saturated carbocycles. The lowest BCUT2D eigenvalue weighted by molar-refractivity contribution is 0.766. The van der Waals surface area contributed by atoms with Crippen LogP contribution in [0.25, 0.3) is 0 Å². The Morgan fingerprint density at radius 3 is 2.75 bits per heavy atom. The molecule has 0 N–H and O–H groups in total. The molecule has 0 spiro atoms. The highest BCUT2D eigenvalue weighted by molar-refractivity contribution is 7.99. The largest absolute Gasteiger partial charge is 0.309 e. The Bertz CT molecular complexity index is 278. The SMILES string of the molecule is C/C=C/CSc1nnc(C)n1C. The number of rotatable bonds is 3. The summed E-state index contributed by atoms with van der Waals surface area (Å²) in [6, 6.07) is 0. The van der Waals surface area contributed by atoms with E-state index >= 15 is 0 Å². The second-order valence-electron chi connectivity index (χ2n) is 2.47. The van der Waals surface area contributed by atoms with Gasteiger partial charge in [0.05, 0.1) is 0 Å². The summed E-state index contributed by atoms with van der Waals surface area (Å²) in [5.74, 6) is 1.92. The summed E-state index contributed by atoms with van der Waals surface area (Å²) in [4.78, 5) is 0. The third-order valence-corrected chi connectivity index (χ3v) is 2.57. The zero-order chi connectivity index (χ0) is 8.97. The molecule has 0 radical (unpaired) electrons. The van der Waals surface area contributed by atoms with Crippen LogP contribution in [0.5, 0.6) is 0 Å². The number of hydrogen-bond donors (Lipinski definition) is 0. The van der Waals surface area contributed by atoms with E-state index in [1.165, 1.54) is 0 Å². The van der Waals surface area contributed by atoms with Crippen LogP contribution < -0.4 is 0 Å². The van der Waals surface area contributed by atoms with Crippen LogP contribution in [0, 0.1) is 6.92 Å². The molecule has 1 aromatic rings. The van der Waals surface area contributed by atoms with Crippen molar-refractivity contribution in [3.63, 3.8) is 0 Å². The van der Waals surface area contributed by atoms with Gasteiger partial charge in [-0.25, -0.2) is 0 Å². The predicted octanol–water partition coefficient (Wildman–Crippen LogP) is 1.79. The van der Waals surface area contributed by atoms with E-state index in [1.807, 2.05) is 31.5 Å². The Hall–Kier alpha value is -0.770. The molecule has 0 amide bonds. The van der Waals surface area contributed by atoms with Gasteiger partial charge in [0.25, 0.3) is 0 Å². The van der Waals surface area contributed by atoms with Gasteiger partial charge >= 0.3 is 0 Å². The van der Waals surface area contributed by atoms with Gasteiger partial charge in [0.15, 0.2) is 5.16 Å². The summed E-state index contributed by atoms with van der Waals surface area (Å²) < 4.78 is 1.99. The van der Waals surface area contributed by atoms with E-state index in [9.17, 15) is 0 Å². The fourth-order valence-corrected chi connectivity index (χ4v) is 1.59. The molecule has 12 heavy (non-hydrogen) atoms. The van der Waals surface area contributed by atoms with Crippen LogP contribution in [-0.2, 0) is 7.05 Å². The maximum Gasteiger partial charge on any atom is 0.191 e. The topological polar surface area (TPSA) is 30.7 Å². The normalized spacial score (nSPS) is 11.2. The van der Waals surface area contributed by atoms with Crippen molar-refractivity contribution in [2.75, 3.05) is 5.75 Å². The van der Waals surface area contributed by atoms with Gasteiger partial charge < -0.3 is 4.57 Å². The van der Waals surface area contributed by atoms with Crippen molar-refractivity contribution < 1.29 is 0 Å². The molecule has 4 heteroatoms. The zero-order valence-corrected chi connectivity index (χ0v) is 8.43. The lowest BCUT2D eigenvalue weighted by atomic mass is 10.6. The summed E-state index contributed by atoms with van der Waals surface area (Å²) in [7, 11) is 1.98. The average Bonchev–Trinajstić information content (AvgIpc) is 2.36. The molecule has 0 saturated heterocycles. The first-order chi connectivity index (χ1) is 5.75. The Kier molecular flexibility index (Phi) is 3.34. The molecular formula is C8H13N3S. The Balaban J connectivity index is 2.57. The van der Waals surface area contributed by atoms with Crippen LogP contribution in [0.1, 0.15) is 12.7 Å². The van der Waals surface area contributed by atoms with E-state index < -0.39 is 0 Å². The molecule has 0 aliphatic carbocycles. The van der Waals surface area contributed by atoms with Crippen LogP contribution >= 0.6 is 11.8 Å². The van der Waals surface area contributed by atoms with Gasteiger partial charge in [0.2, 0.25) is 0 Å². The number of thioether (sulfide) groups is 1. The number of nitrogens with zero attached hydrogens (tertiary/aromatic N) is 3. The standard InChI is InChI=1S/C8H13N3S/c1-4-5-6-12-8-10-9-7(2)11(8)3/h4-5H,6H2,1-3H3/b5-4+. The van der Waals surface area contributed by atoms with E-state index in [0.717, 1.165) is 16.7 Å². The first-order valence-corrected chi connectivity index (χ1v) is 4.84. The second kappa shape index (κ2) is 4.30. The molecule has 0 aromatic carbocycles.